The lowest BCUT2D eigenvalue weighted by Crippen LogP contribution is -2.54. The number of nitro groups is 1. The van der Waals surface area contributed by atoms with E-state index in [-0.39, 0.29) is 36.3 Å². The summed E-state index contributed by atoms with van der Waals surface area (Å²) in [5.41, 5.74) is 1.26. The zero-order chi connectivity index (χ0) is 29.3. The molecule has 1 N–H and O–H groups in total. The summed E-state index contributed by atoms with van der Waals surface area (Å²) >= 11 is 0. The van der Waals surface area contributed by atoms with E-state index >= 15 is 0 Å². The highest BCUT2D eigenvalue weighted by Gasteiger charge is 2.33. The van der Waals surface area contributed by atoms with Gasteiger partial charge in [0.15, 0.2) is 0 Å². The lowest BCUT2D eigenvalue weighted by Gasteiger charge is -2.34. The van der Waals surface area contributed by atoms with E-state index in [1.807, 2.05) is 74.5 Å². The second-order valence-electron chi connectivity index (χ2n) is 9.58. The number of rotatable bonds is 13. The fourth-order valence-corrected chi connectivity index (χ4v) is 4.99. The van der Waals surface area contributed by atoms with Gasteiger partial charge in [0.25, 0.3) is 5.69 Å². The third-order valence-electron chi connectivity index (χ3n) is 6.48. The Morgan fingerprint density at radius 3 is 2.10 bits per heavy atom. The van der Waals surface area contributed by atoms with Crippen LogP contribution in [0.25, 0.3) is 0 Å². The Labute approximate surface area is 234 Å². The van der Waals surface area contributed by atoms with Crippen molar-refractivity contribution in [1.82, 2.24) is 10.2 Å². The summed E-state index contributed by atoms with van der Waals surface area (Å²) in [5, 5.41) is 14.3. The summed E-state index contributed by atoms with van der Waals surface area (Å²) in [6, 6.07) is 22.4. The van der Waals surface area contributed by atoms with E-state index in [2.05, 4.69) is 5.32 Å². The maximum atomic E-state index is 14.0. The second-order valence-corrected chi connectivity index (χ2v) is 11.5. The number of sulfonamides is 1. The molecule has 212 valence electrons. The first-order valence-electron chi connectivity index (χ1n) is 12.9. The van der Waals surface area contributed by atoms with E-state index in [9.17, 15) is 28.1 Å². The fourth-order valence-electron chi connectivity index (χ4n) is 4.15. The van der Waals surface area contributed by atoms with Crippen LogP contribution >= 0.6 is 0 Å². The van der Waals surface area contributed by atoms with Crippen molar-refractivity contribution in [1.29, 1.82) is 0 Å². The van der Waals surface area contributed by atoms with Gasteiger partial charge in [0.1, 0.15) is 12.6 Å². The van der Waals surface area contributed by atoms with Gasteiger partial charge in [-0.3, -0.25) is 24.0 Å². The molecular formula is C29H34N4O6S. The number of non-ortho nitro benzene ring substituents is 1. The van der Waals surface area contributed by atoms with Crippen LogP contribution in [0.2, 0.25) is 0 Å². The summed E-state index contributed by atoms with van der Waals surface area (Å²) in [6.07, 6.45) is 1.82. The van der Waals surface area contributed by atoms with E-state index in [1.165, 1.54) is 23.1 Å². The molecule has 0 saturated carbocycles. The van der Waals surface area contributed by atoms with Crippen LogP contribution in [-0.2, 0) is 32.6 Å². The van der Waals surface area contributed by atoms with Gasteiger partial charge in [-0.25, -0.2) is 8.42 Å². The summed E-state index contributed by atoms with van der Waals surface area (Å²) in [5.74, 6) is -0.982. The molecule has 0 aromatic heterocycles. The molecule has 0 aliphatic carbocycles. The molecule has 2 unspecified atom stereocenters. The third-order valence-corrected chi connectivity index (χ3v) is 7.62. The van der Waals surface area contributed by atoms with Crippen LogP contribution in [0.3, 0.4) is 0 Å². The molecule has 0 saturated heterocycles. The van der Waals surface area contributed by atoms with Crippen LogP contribution < -0.4 is 9.62 Å². The molecule has 0 aliphatic rings. The van der Waals surface area contributed by atoms with E-state index in [1.54, 1.807) is 0 Å². The predicted octanol–water partition coefficient (Wildman–Crippen LogP) is 3.92. The molecule has 0 fully saturated rings. The standard InChI is InChI=1S/C29H34N4O6S/c1-4-22(2)30-29(35)27(18-23-12-7-5-8-13-23)31(20-24-14-9-6-10-15-24)28(34)21-32(40(3,38)39)25-16-11-17-26(19-25)33(36)37/h5-17,19,22,27H,4,18,20-21H2,1-3H3,(H,30,35). The van der Waals surface area contributed by atoms with Gasteiger partial charge in [0.2, 0.25) is 21.8 Å². The van der Waals surface area contributed by atoms with Gasteiger partial charge >= 0.3 is 0 Å². The van der Waals surface area contributed by atoms with Crippen molar-refractivity contribution in [2.75, 3.05) is 17.1 Å². The van der Waals surface area contributed by atoms with Gasteiger partial charge in [-0.1, -0.05) is 73.7 Å². The smallest absolute Gasteiger partial charge is 0.271 e. The Morgan fingerprint density at radius 2 is 1.55 bits per heavy atom. The number of benzene rings is 3. The third kappa shape index (κ3) is 8.37. The minimum atomic E-state index is -4.03. The van der Waals surface area contributed by atoms with Crippen LogP contribution in [-0.4, -0.2) is 54.9 Å². The molecule has 3 aromatic carbocycles. The molecule has 3 aromatic rings. The molecule has 40 heavy (non-hydrogen) atoms. The van der Waals surface area contributed by atoms with E-state index in [4.69, 9.17) is 0 Å². The Bertz CT molecular complexity index is 1420. The van der Waals surface area contributed by atoms with Crippen LogP contribution in [0.15, 0.2) is 84.9 Å². The summed E-state index contributed by atoms with van der Waals surface area (Å²) in [4.78, 5) is 39.7. The van der Waals surface area contributed by atoms with E-state index < -0.39 is 33.4 Å². The van der Waals surface area contributed by atoms with E-state index in [0.717, 1.165) is 27.8 Å². The topological polar surface area (TPSA) is 130 Å². The second kappa shape index (κ2) is 13.7. The van der Waals surface area contributed by atoms with Crippen molar-refractivity contribution in [2.45, 2.75) is 45.3 Å². The van der Waals surface area contributed by atoms with Crippen LogP contribution in [0, 0.1) is 10.1 Å². The number of amides is 2. The minimum absolute atomic E-state index is 0.0200. The van der Waals surface area contributed by atoms with Crippen molar-refractivity contribution < 1.29 is 22.9 Å². The highest BCUT2D eigenvalue weighted by Crippen LogP contribution is 2.24. The molecule has 0 heterocycles. The average Bonchev–Trinajstić information content (AvgIpc) is 2.93. The monoisotopic (exact) mass is 566 g/mol. The quantitative estimate of drug-likeness (QED) is 0.247. The number of hydrogen-bond acceptors (Lipinski definition) is 6. The Morgan fingerprint density at radius 1 is 0.950 bits per heavy atom. The maximum absolute atomic E-state index is 14.0. The van der Waals surface area contributed by atoms with Crippen molar-refractivity contribution in [2.24, 2.45) is 0 Å². The van der Waals surface area contributed by atoms with Gasteiger partial charge < -0.3 is 10.2 Å². The molecule has 3 rings (SSSR count). The highest BCUT2D eigenvalue weighted by molar-refractivity contribution is 7.92. The van der Waals surface area contributed by atoms with E-state index in [0.29, 0.717) is 6.42 Å². The maximum Gasteiger partial charge on any atom is 0.271 e. The zero-order valence-corrected chi connectivity index (χ0v) is 23.6. The van der Waals surface area contributed by atoms with Gasteiger partial charge in [-0.15, -0.1) is 0 Å². The minimum Gasteiger partial charge on any atom is -0.352 e. The van der Waals surface area contributed by atoms with Gasteiger partial charge in [-0.2, -0.15) is 0 Å². The Kier molecular flexibility index (Phi) is 10.4. The molecule has 0 aliphatic heterocycles. The summed E-state index contributed by atoms with van der Waals surface area (Å²) in [6.45, 7) is 3.22. The zero-order valence-electron chi connectivity index (χ0n) is 22.8. The number of carbonyl (C=O) groups is 2. The van der Waals surface area contributed by atoms with Crippen molar-refractivity contribution in [3.05, 3.63) is 106 Å². The summed E-state index contributed by atoms with van der Waals surface area (Å²) in [7, 11) is -4.03. The summed E-state index contributed by atoms with van der Waals surface area (Å²) < 4.78 is 26.5. The average molecular weight is 567 g/mol. The van der Waals surface area contributed by atoms with Gasteiger partial charge in [0, 0.05) is 31.1 Å². The largest absolute Gasteiger partial charge is 0.352 e. The lowest BCUT2D eigenvalue weighted by atomic mass is 10.0. The number of nitrogens with zero attached hydrogens (tertiary/aromatic N) is 3. The predicted molar refractivity (Wildman–Crippen MR) is 154 cm³/mol. The molecule has 2 amide bonds. The van der Waals surface area contributed by atoms with Crippen molar-refractivity contribution in [3.63, 3.8) is 0 Å². The molecule has 0 bridgehead atoms. The molecule has 2 atom stereocenters. The molecule has 10 nitrogen and oxygen atoms in total. The van der Waals surface area contributed by atoms with Crippen LogP contribution in [0.5, 0.6) is 0 Å². The van der Waals surface area contributed by atoms with Crippen molar-refractivity contribution in [3.8, 4) is 0 Å². The molecular weight excluding hydrogens is 532 g/mol. The normalized spacial score (nSPS) is 12.7. The molecule has 11 heteroatoms. The highest BCUT2D eigenvalue weighted by atomic mass is 32.2. The first kappa shape index (κ1) is 30.3. The lowest BCUT2D eigenvalue weighted by molar-refractivity contribution is -0.384. The molecule has 0 spiro atoms. The van der Waals surface area contributed by atoms with Gasteiger partial charge in [0.05, 0.1) is 16.9 Å². The Balaban J connectivity index is 2.06. The first-order chi connectivity index (χ1) is 19.0. The molecule has 0 radical (unpaired) electrons. The number of anilines is 1. The van der Waals surface area contributed by atoms with Gasteiger partial charge in [-0.05, 0) is 30.5 Å². The number of carbonyl (C=O) groups excluding carboxylic acids is 2. The van der Waals surface area contributed by atoms with Crippen LogP contribution in [0.1, 0.15) is 31.4 Å². The Hall–Kier alpha value is -4.25. The van der Waals surface area contributed by atoms with Crippen LogP contribution in [0.4, 0.5) is 11.4 Å². The number of nitro benzene ring substituents is 1. The SMILES string of the molecule is CCC(C)NC(=O)C(Cc1ccccc1)N(Cc1ccccc1)C(=O)CN(c1cccc([N+](=O)[O-])c1)S(C)(=O)=O. The number of nitrogens with one attached hydrogen (secondary N) is 1. The van der Waals surface area contributed by atoms with Crippen molar-refractivity contribution >= 4 is 33.2 Å². The number of hydrogen-bond donors (Lipinski definition) is 1. The fraction of sp³-hybridized carbons (Fsp3) is 0.310. The first-order valence-corrected chi connectivity index (χ1v) is 14.7.